The Hall–Kier alpha value is -2.21. The number of benzene rings is 1. The quantitative estimate of drug-likeness (QED) is 0.753. The minimum Gasteiger partial charge on any atom is -0.441 e. The van der Waals surface area contributed by atoms with Crippen LogP contribution in [-0.2, 0) is 14.3 Å². The van der Waals surface area contributed by atoms with E-state index in [0.717, 1.165) is 18.4 Å². The predicted octanol–water partition coefficient (Wildman–Crippen LogP) is 2.58. The summed E-state index contributed by atoms with van der Waals surface area (Å²) in [6.07, 6.45) is 1.63. The van der Waals surface area contributed by atoms with Crippen molar-refractivity contribution in [3.63, 3.8) is 0 Å². The highest BCUT2D eigenvalue weighted by Gasteiger charge is 2.72. The summed E-state index contributed by atoms with van der Waals surface area (Å²) < 4.78 is 11.7. The summed E-state index contributed by atoms with van der Waals surface area (Å²) in [5, 5.41) is 0. The highest BCUT2D eigenvalue weighted by molar-refractivity contribution is 6.23. The maximum absolute atomic E-state index is 13.1. The highest BCUT2D eigenvalue weighted by Crippen LogP contribution is 2.60. The summed E-state index contributed by atoms with van der Waals surface area (Å²) in [4.78, 5) is 31.7. The number of amides is 2. The van der Waals surface area contributed by atoms with Crippen molar-refractivity contribution in [1.29, 1.82) is 0 Å². The summed E-state index contributed by atoms with van der Waals surface area (Å²) >= 11 is 0. The molecule has 3 saturated heterocycles. The molecule has 3 fully saturated rings. The first-order valence-electron chi connectivity index (χ1n) is 8.28. The lowest BCUT2D eigenvalue weighted by Crippen LogP contribution is -2.40. The number of nitrogens with zero attached hydrogens (tertiary/aromatic N) is 2. The fourth-order valence-electron chi connectivity index (χ4n) is 4.89. The molecule has 2 amide bonds. The molecule has 2 aromatic rings. The van der Waals surface area contributed by atoms with Crippen LogP contribution in [-0.4, -0.2) is 28.0 Å². The standard InChI is InChI=1S/C18H18N2O4/c1-9-19-11-5-4-10(8-12(11)23-9)20-15(21)13-14(16(20)22)18(3)7-6-17(13,2)24-18/h4-5,8,13-14H,6-7H2,1-3H3/t13-,14?,17-,18+/m1/s1. The van der Waals surface area contributed by atoms with Gasteiger partial charge in [-0.25, -0.2) is 9.88 Å². The van der Waals surface area contributed by atoms with Crippen molar-refractivity contribution in [3.05, 3.63) is 24.1 Å². The van der Waals surface area contributed by atoms with Gasteiger partial charge in [0.25, 0.3) is 0 Å². The number of hydrogen-bond donors (Lipinski definition) is 0. The van der Waals surface area contributed by atoms with E-state index in [1.54, 1.807) is 25.1 Å². The van der Waals surface area contributed by atoms with E-state index in [9.17, 15) is 9.59 Å². The van der Waals surface area contributed by atoms with E-state index >= 15 is 0 Å². The average Bonchev–Trinajstić information content (AvgIpc) is 3.17. The molecule has 6 heteroatoms. The molecule has 1 aromatic heterocycles. The third-order valence-electron chi connectivity index (χ3n) is 5.94. The smallest absolute Gasteiger partial charge is 0.240 e. The second-order valence-corrected chi connectivity index (χ2v) is 7.58. The van der Waals surface area contributed by atoms with Crippen molar-refractivity contribution < 1.29 is 18.7 Å². The van der Waals surface area contributed by atoms with Crippen LogP contribution in [0.2, 0.25) is 0 Å². The van der Waals surface area contributed by atoms with Crippen molar-refractivity contribution in [1.82, 2.24) is 4.98 Å². The molecule has 3 aliphatic rings. The van der Waals surface area contributed by atoms with Crippen LogP contribution in [0.3, 0.4) is 0 Å². The fourth-order valence-corrected chi connectivity index (χ4v) is 4.89. The number of aromatic nitrogens is 1. The maximum atomic E-state index is 13.1. The number of oxazole rings is 1. The molecular weight excluding hydrogens is 308 g/mol. The predicted molar refractivity (Wildman–Crippen MR) is 85.3 cm³/mol. The zero-order valence-electron chi connectivity index (χ0n) is 13.8. The van der Waals surface area contributed by atoms with Gasteiger partial charge < -0.3 is 9.15 Å². The molecule has 3 aliphatic heterocycles. The number of anilines is 1. The van der Waals surface area contributed by atoms with Gasteiger partial charge in [0.2, 0.25) is 11.8 Å². The van der Waals surface area contributed by atoms with Crippen LogP contribution in [0.5, 0.6) is 0 Å². The number of rotatable bonds is 1. The van der Waals surface area contributed by atoms with E-state index < -0.39 is 23.0 Å². The average molecular weight is 326 g/mol. The Labute approximate surface area is 138 Å². The van der Waals surface area contributed by atoms with Crippen LogP contribution in [0.25, 0.3) is 11.1 Å². The lowest BCUT2D eigenvalue weighted by Gasteiger charge is -2.27. The molecule has 0 aliphatic carbocycles. The fraction of sp³-hybridized carbons (Fsp3) is 0.500. The number of aryl methyl sites for hydroxylation is 1. The van der Waals surface area contributed by atoms with Crippen LogP contribution in [0, 0.1) is 18.8 Å². The van der Waals surface area contributed by atoms with E-state index in [0.29, 0.717) is 17.2 Å². The van der Waals surface area contributed by atoms with Crippen LogP contribution >= 0.6 is 0 Å². The maximum Gasteiger partial charge on any atom is 0.240 e. The minimum atomic E-state index is -0.534. The number of fused-ring (bicyclic) bond motifs is 6. The van der Waals surface area contributed by atoms with E-state index in [1.165, 1.54) is 4.90 Å². The second-order valence-electron chi connectivity index (χ2n) is 7.58. The number of imide groups is 1. The van der Waals surface area contributed by atoms with Gasteiger partial charge >= 0.3 is 0 Å². The van der Waals surface area contributed by atoms with Gasteiger partial charge in [-0.15, -0.1) is 0 Å². The molecule has 2 bridgehead atoms. The van der Waals surface area contributed by atoms with Crippen molar-refractivity contribution in [2.45, 2.75) is 44.8 Å². The normalized spacial score (nSPS) is 37.7. The lowest BCUT2D eigenvalue weighted by atomic mass is 9.69. The lowest BCUT2D eigenvalue weighted by molar-refractivity contribution is -0.129. The van der Waals surface area contributed by atoms with Gasteiger partial charge in [0.1, 0.15) is 5.52 Å². The third kappa shape index (κ3) is 1.52. The zero-order chi connectivity index (χ0) is 16.9. The largest absolute Gasteiger partial charge is 0.441 e. The number of ether oxygens (including phenoxy) is 1. The highest BCUT2D eigenvalue weighted by atomic mass is 16.5. The first kappa shape index (κ1) is 14.2. The van der Waals surface area contributed by atoms with Gasteiger partial charge in [-0.05, 0) is 38.8 Å². The molecule has 0 radical (unpaired) electrons. The molecular formula is C18H18N2O4. The first-order chi connectivity index (χ1) is 11.3. The molecule has 124 valence electrons. The second kappa shape index (κ2) is 4.06. The molecule has 4 atom stereocenters. The first-order valence-corrected chi connectivity index (χ1v) is 8.28. The monoisotopic (exact) mass is 326 g/mol. The third-order valence-corrected chi connectivity index (χ3v) is 5.94. The van der Waals surface area contributed by atoms with Crippen molar-refractivity contribution in [2.24, 2.45) is 11.8 Å². The Balaban J connectivity index is 1.62. The van der Waals surface area contributed by atoms with Crippen molar-refractivity contribution in [2.75, 3.05) is 4.90 Å². The van der Waals surface area contributed by atoms with Gasteiger partial charge in [-0.3, -0.25) is 9.59 Å². The van der Waals surface area contributed by atoms with E-state index in [4.69, 9.17) is 9.15 Å². The molecule has 5 rings (SSSR count). The summed E-state index contributed by atoms with van der Waals surface area (Å²) in [6, 6.07) is 5.26. The van der Waals surface area contributed by atoms with Gasteiger partial charge in [0.15, 0.2) is 11.5 Å². The summed E-state index contributed by atoms with van der Waals surface area (Å²) in [5.41, 5.74) is 0.786. The van der Waals surface area contributed by atoms with Gasteiger partial charge in [0.05, 0.1) is 28.7 Å². The number of carbonyl (C=O) groups excluding carboxylic acids is 2. The van der Waals surface area contributed by atoms with Gasteiger partial charge in [-0.1, -0.05) is 0 Å². The summed E-state index contributed by atoms with van der Waals surface area (Å²) in [5.74, 6) is -0.547. The van der Waals surface area contributed by atoms with E-state index in [2.05, 4.69) is 4.98 Å². The van der Waals surface area contributed by atoms with Crippen LogP contribution < -0.4 is 4.90 Å². The summed E-state index contributed by atoms with van der Waals surface area (Å²) in [7, 11) is 0. The number of carbonyl (C=O) groups is 2. The Morgan fingerprint density at radius 1 is 1.12 bits per heavy atom. The van der Waals surface area contributed by atoms with Gasteiger partial charge in [-0.2, -0.15) is 0 Å². The summed E-state index contributed by atoms with van der Waals surface area (Å²) in [6.45, 7) is 5.69. The number of hydrogen-bond acceptors (Lipinski definition) is 5. The Morgan fingerprint density at radius 2 is 1.75 bits per heavy atom. The van der Waals surface area contributed by atoms with Crippen molar-refractivity contribution in [3.8, 4) is 0 Å². The Bertz CT molecular complexity index is 885. The molecule has 6 nitrogen and oxygen atoms in total. The molecule has 0 saturated carbocycles. The molecule has 1 aromatic carbocycles. The zero-order valence-corrected chi connectivity index (χ0v) is 13.8. The molecule has 24 heavy (non-hydrogen) atoms. The topological polar surface area (TPSA) is 72.6 Å². The Morgan fingerprint density at radius 3 is 2.38 bits per heavy atom. The van der Waals surface area contributed by atoms with Crippen molar-refractivity contribution >= 4 is 28.6 Å². The van der Waals surface area contributed by atoms with E-state index in [-0.39, 0.29) is 11.8 Å². The van der Waals surface area contributed by atoms with Crippen LogP contribution in [0.15, 0.2) is 22.6 Å². The molecule has 0 N–H and O–H groups in total. The van der Waals surface area contributed by atoms with Gasteiger partial charge in [0, 0.05) is 13.0 Å². The van der Waals surface area contributed by atoms with E-state index in [1.807, 2.05) is 13.8 Å². The molecule has 0 spiro atoms. The Kier molecular flexibility index (Phi) is 2.39. The molecule has 4 heterocycles. The van der Waals surface area contributed by atoms with Crippen LogP contribution in [0.4, 0.5) is 5.69 Å². The molecule has 1 unspecified atom stereocenters. The van der Waals surface area contributed by atoms with Crippen LogP contribution in [0.1, 0.15) is 32.6 Å². The SMILES string of the molecule is Cc1nc2ccc(N3C(=O)C4[C@H](C3=O)[C@@]3(C)CC[C@]4(C)O3)cc2o1. The minimum absolute atomic E-state index is 0.161.